The number of aromatic nitrogens is 7. The van der Waals surface area contributed by atoms with E-state index in [1.54, 1.807) is 10.9 Å². The highest BCUT2D eigenvalue weighted by Gasteiger charge is 2.36. The van der Waals surface area contributed by atoms with Crippen LogP contribution in [0.15, 0.2) is 42.9 Å². The molecule has 4 saturated heterocycles. The molecule has 3 amide bonds. The highest BCUT2D eigenvalue weighted by Crippen LogP contribution is 2.41. The van der Waals surface area contributed by atoms with E-state index < -0.39 is 36.2 Å². The molecular weight excluding hydrogens is 894 g/mol. The first-order valence-electron chi connectivity index (χ1n) is 24.5. The highest BCUT2D eigenvalue weighted by atomic mass is 19.3. The lowest BCUT2D eigenvalue weighted by Crippen LogP contribution is -2.53. The number of carbonyl (C=O) groups excluding carboxylic acids is 3. The molecule has 4 aliphatic heterocycles. The number of fused-ring (bicyclic) bond motifs is 2. The summed E-state index contributed by atoms with van der Waals surface area (Å²) in [5, 5.41) is 23.1. The summed E-state index contributed by atoms with van der Waals surface area (Å²) < 4.78 is 60.7. The van der Waals surface area contributed by atoms with Gasteiger partial charge in [-0.05, 0) is 82.3 Å². The minimum Gasteiger partial charge on any atom is -0.378 e. The number of likely N-dealkylation sites (tertiary alicyclic amines) is 1. The van der Waals surface area contributed by atoms with E-state index in [1.165, 1.54) is 16.9 Å². The van der Waals surface area contributed by atoms with Gasteiger partial charge in [-0.3, -0.25) is 34.0 Å². The summed E-state index contributed by atoms with van der Waals surface area (Å²) in [7, 11) is 0. The van der Waals surface area contributed by atoms with Crippen molar-refractivity contribution >= 4 is 45.8 Å². The molecule has 2 aliphatic carbocycles. The van der Waals surface area contributed by atoms with Crippen LogP contribution in [0.4, 0.5) is 24.7 Å². The number of rotatable bonds is 13. The Bertz CT molecular complexity index is 2780. The van der Waals surface area contributed by atoms with Crippen LogP contribution in [0.1, 0.15) is 122 Å². The average Bonchev–Trinajstić information content (AvgIpc) is 3.76. The van der Waals surface area contributed by atoms with Gasteiger partial charge in [-0.25, -0.2) is 22.7 Å². The van der Waals surface area contributed by atoms with E-state index in [-0.39, 0.29) is 54.7 Å². The van der Waals surface area contributed by atoms with Gasteiger partial charge in [0.1, 0.15) is 24.2 Å². The Morgan fingerprint density at radius 3 is 2.51 bits per heavy atom. The molecule has 364 valence electrons. The smallest absolute Gasteiger partial charge is 0.284 e. The molecule has 6 aliphatic rings. The van der Waals surface area contributed by atoms with Crippen LogP contribution in [-0.4, -0.2) is 134 Å². The monoisotopic (exact) mass is 950 g/mol. The zero-order valence-corrected chi connectivity index (χ0v) is 38.4. The molecule has 20 heteroatoms. The van der Waals surface area contributed by atoms with Crippen LogP contribution < -0.4 is 20.9 Å². The Morgan fingerprint density at radius 2 is 1.77 bits per heavy atom. The molecule has 11 rings (SSSR count). The van der Waals surface area contributed by atoms with Crippen LogP contribution in [-0.2, 0) is 19.1 Å². The van der Waals surface area contributed by atoms with Gasteiger partial charge in [-0.2, -0.15) is 15.3 Å². The Hall–Kier alpha value is -5.88. The second kappa shape index (κ2) is 19.5. The van der Waals surface area contributed by atoms with Crippen molar-refractivity contribution in [1.29, 1.82) is 0 Å². The number of piperidine rings is 3. The number of nitrogens with one attached hydrogen (secondary N) is 3. The number of halogens is 3. The second-order valence-corrected chi connectivity index (χ2v) is 19.6. The number of carbonyl (C=O) groups is 3. The van der Waals surface area contributed by atoms with Gasteiger partial charge in [-0.15, -0.1) is 0 Å². The zero-order valence-electron chi connectivity index (χ0n) is 38.4. The van der Waals surface area contributed by atoms with Crippen molar-refractivity contribution in [2.24, 2.45) is 5.92 Å². The summed E-state index contributed by atoms with van der Waals surface area (Å²) in [6.07, 6.45) is 8.28. The van der Waals surface area contributed by atoms with Gasteiger partial charge in [0.25, 0.3) is 12.3 Å². The number of alkyl halides is 3. The summed E-state index contributed by atoms with van der Waals surface area (Å²) in [4.78, 5) is 47.4. The Morgan fingerprint density at radius 1 is 0.957 bits per heavy atom. The zero-order chi connectivity index (χ0) is 47.2. The van der Waals surface area contributed by atoms with Gasteiger partial charge in [-0.1, -0.05) is 24.0 Å². The Labute approximate surface area is 396 Å². The number of anilines is 2. The topological polar surface area (TPSA) is 178 Å². The van der Waals surface area contributed by atoms with Crippen LogP contribution in [0.3, 0.4) is 0 Å². The van der Waals surface area contributed by atoms with Gasteiger partial charge >= 0.3 is 0 Å². The van der Waals surface area contributed by atoms with Crippen LogP contribution in [0.5, 0.6) is 0 Å². The van der Waals surface area contributed by atoms with Gasteiger partial charge in [0.2, 0.25) is 11.8 Å². The van der Waals surface area contributed by atoms with Crippen molar-refractivity contribution in [3.63, 3.8) is 0 Å². The Kier molecular flexibility index (Phi) is 12.9. The van der Waals surface area contributed by atoms with Crippen LogP contribution >= 0.6 is 0 Å². The second-order valence-electron chi connectivity index (χ2n) is 19.6. The van der Waals surface area contributed by atoms with E-state index >= 15 is 4.39 Å². The molecule has 5 aromatic rings. The molecule has 8 heterocycles. The maximum absolute atomic E-state index is 15.6. The fraction of sp³-hybridized carbons (Fsp3) is 0.571. The minimum atomic E-state index is -2.90. The van der Waals surface area contributed by atoms with Crippen molar-refractivity contribution in [1.82, 2.24) is 49.7 Å². The molecule has 0 spiro atoms. The molecule has 4 aromatic heterocycles. The first kappa shape index (κ1) is 45.6. The number of hydrogen-bond donors (Lipinski definition) is 3. The molecule has 0 bridgehead atoms. The highest BCUT2D eigenvalue weighted by molar-refractivity contribution is 6.08. The average molecular weight is 951 g/mol. The number of benzene rings is 1. The molecule has 1 aromatic carbocycles. The van der Waals surface area contributed by atoms with E-state index in [4.69, 9.17) is 19.6 Å². The first-order valence-corrected chi connectivity index (χ1v) is 24.5. The summed E-state index contributed by atoms with van der Waals surface area (Å²) in [6.45, 7) is 4.89. The lowest BCUT2D eigenvalue weighted by Gasteiger charge is -2.38. The van der Waals surface area contributed by atoms with Gasteiger partial charge in [0, 0.05) is 63.0 Å². The summed E-state index contributed by atoms with van der Waals surface area (Å²) in [5.74, 6) is 5.71. The van der Waals surface area contributed by atoms with Crippen LogP contribution in [0.25, 0.3) is 16.6 Å². The molecule has 0 radical (unpaired) electrons. The maximum Gasteiger partial charge on any atom is 0.284 e. The third-order valence-electron chi connectivity index (χ3n) is 14.8. The van der Waals surface area contributed by atoms with Gasteiger partial charge in [0.05, 0.1) is 72.0 Å². The van der Waals surface area contributed by atoms with E-state index in [9.17, 15) is 23.2 Å². The normalized spacial score (nSPS) is 25.2. The molecule has 1 unspecified atom stereocenters. The fourth-order valence-electron chi connectivity index (χ4n) is 10.8. The van der Waals surface area contributed by atoms with E-state index in [0.717, 1.165) is 106 Å². The molecule has 17 nitrogen and oxygen atoms in total. The molecule has 3 N–H and O–H groups in total. The van der Waals surface area contributed by atoms with Gasteiger partial charge < -0.3 is 25.0 Å². The first-order chi connectivity index (χ1) is 33.6. The lowest BCUT2D eigenvalue weighted by molar-refractivity contribution is -0.134. The van der Waals surface area contributed by atoms with Crippen molar-refractivity contribution < 1.29 is 37.0 Å². The van der Waals surface area contributed by atoms with Gasteiger partial charge in [0.15, 0.2) is 11.3 Å². The van der Waals surface area contributed by atoms with Crippen molar-refractivity contribution in [2.75, 3.05) is 62.8 Å². The standard InChI is InChI=1S/C49H57F3N12O5/c50-38-25-60(18-16-40(38)69-22-2-4-30-3-1-5-35-43(36-12-13-42(65)57-48(36)66)59-64(45(30)35)34-10-11-34)24-29-6-8-33(9-7-29)63-26-39(44(58-63)46(51)52)55-49(67)37-23-53-62-21-17-41(56-47(37)62)61-19-14-31(15-20-61)54-32-27-68-28-32/h1,3,5,17,21,23,26,29,31-34,36,38,40,46,54H,6-16,18-20,22,24-25,27-28H2,(H,55,67)(H,57,65,66)/t29-,33-,36?,38-,40+/m1/s1. The SMILES string of the molecule is O=C1CCC(c2nn(C3CC3)c3c(C#CCO[C@H]4CCN(C[C@H]5CC[C@H](n6cc(NC(=O)c7cnn8ccc(N9CCC(NC%10COC%10)CC9)nc78)c(C(F)F)n6)CC5)C[C@H]4F)cccc23)C(=O)N1. The molecular formula is C49H57F3N12O5. The quantitative estimate of drug-likeness (QED) is 0.100. The van der Waals surface area contributed by atoms with Crippen molar-refractivity contribution in [3.8, 4) is 11.8 Å². The number of hydrogen-bond acceptors (Lipinski definition) is 12. The lowest BCUT2D eigenvalue weighted by atomic mass is 9.85. The molecule has 69 heavy (non-hydrogen) atoms. The molecule has 2 saturated carbocycles. The summed E-state index contributed by atoms with van der Waals surface area (Å²) in [6, 6.07) is 8.61. The number of ether oxygens (including phenoxy) is 2. The third-order valence-corrected chi connectivity index (χ3v) is 14.8. The molecule has 6 fully saturated rings. The van der Waals surface area contributed by atoms with E-state index in [0.29, 0.717) is 48.7 Å². The minimum absolute atomic E-state index is 0.0388. The summed E-state index contributed by atoms with van der Waals surface area (Å²) >= 11 is 0. The number of nitrogens with zero attached hydrogens (tertiary/aromatic N) is 9. The Balaban J connectivity index is 0.658. The van der Waals surface area contributed by atoms with Crippen molar-refractivity contribution in [3.05, 3.63) is 65.4 Å². The number of imide groups is 1. The third kappa shape index (κ3) is 9.70. The predicted molar refractivity (Wildman–Crippen MR) is 248 cm³/mol. The van der Waals surface area contributed by atoms with E-state index in [1.807, 2.05) is 28.9 Å². The largest absolute Gasteiger partial charge is 0.378 e. The fourth-order valence-corrected chi connectivity index (χ4v) is 10.8. The number of para-hydroxylation sites is 1. The maximum atomic E-state index is 15.6. The van der Waals surface area contributed by atoms with Crippen molar-refractivity contribution in [2.45, 2.75) is 119 Å². The summed E-state index contributed by atoms with van der Waals surface area (Å²) in [5.41, 5.74) is 2.31. The van der Waals surface area contributed by atoms with E-state index in [2.05, 4.69) is 47.8 Å². The van der Waals surface area contributed by atoms with Crippen LogP contribution in [0.2, 0.25) is 0 Å². The molecule has 3 atom stereocenters. The predicted octanol–water partition coefficient (Wildman–Crippen LogP) is 5.49. The van der Waals surface area contributed by atoms with Crippen LogP contribution in [0, 0.1) is 17.8 Å². The number of amides is 3.